The summed E-state index contributed by atoms with van der Waals surface area (Å²) in [6, 6.07) is 9.38. The highest BCUT2D eigenvalue weighted by Crippen LogP contribution is 2.42. The van der Waals surface area contributed by atoms with E-state index in [1.54, 1.807) is 34.9 Å². The molecule has 1 aliphatic carbocycles. The summed E-state index contributed by atoms with van der Waals surface area (Å²) < 4.78 is 14.3. The first-order valence-corrected chi connectivity index (χ1v) is 9.84. The molecule has 0 bridgehead atoms. The van der Waals surface area contributed by atoms with Crippen molar-refractivity contribution < 1.29 is 9.18 Å². The van der Waals surface area contributed by atoms with E-state index >= 15 is 0 Å². The van der Waals surface area contributed by atoms with Crippen LogP contribution in [0.2, 0.25) is 5.02 Å². The molecule has 0 N–H and O–H groups in total. The second-order valence-corrected chi connectivity index (χ2v) is 7.75. The molecule has 2 amide bonds. The average molecular weight is 409 g/mol. The number of urea groups is 1. The van der Waals surface area contributed by atoms with Gasteiger partial charge in [0.2, 0.25) is 5.69 Å². The third-order valence-corrected chi connectivity index (χ3v) is 6.32. The Morgan fingerprint density at radius 1 is 1.21 bits per heavy atom. The lowest BCUT2D eigenvalue weighted by Gasteiger charge is -2.32. The van der Waals surface area contributed by atoms with Crippen LogP contribution in [0.3, 0.4) is 0 Å². The minimum Gasteiger partial charge on any atom is -0.289 e. The van der Waals surface area contributed by atoms with Crippen LogP contribution in [0.1, 0.15) is 36.8 Å². The lowest BCUT2D eigenvalue weighted by molar-refractivity contribution is 0.255. The molecule has 2 aromatic carbocycles. The molecule has 29 heavy (non-hydrogen) atoms. The molecule has 2 atom stereocenters. The van der Waals surface area contributed by atoms with E-state index in [-0.39, 0.29) is 23.8 Å². The number of carbonyl (C=O) groups is 1. The van der Waals surface area contributed by atoms with E-state index in [1.165, 1.54) is 12.1 Å². The molecule has 2 aromatic rings. The Labute approximate surface area is 173 Å². The van der Waals surface area contributed by atoms with Gasteiger partial charge in [-0.25, -0.2) is 14.0 Å². The Balaban J connectivity index is 1.81. The minimum atomic E-state index is -0.631. The van der Waals surface area contributed by atoms with Crippen molar-refractivity contribution in [2.75, 3.05) is 9.80 Å². The van der Waals surface area contributed by atoms with Gasteiger partial charge in [-0.2, -0.15) is 5.26 Å². The first kappa shape index (κ1) is 19.2. The molecule has 2 fully saturated rings. The van der Waals surface area contributed by atoms with Gasteiger partial charge in [0.15, 0.2) is 0 Å². The van der Waals surface area contributed by atoms with Gasteiger partial charge in [-0.05, 0) is 49.6 Å². The highest BCUT2D eigenvalue weighted by Gasteiger charge is 2.48. The summed E-state index contributed by atoms with van der Waals surface area (Å²) in [6.07, 6.45) is 3.66. The molecule has 0 radical (unpaired) electrons. The number of nitrogens with zero attached hydrogens (tertiary/aromatic N) is 4. The Hall–Kier alpha value is -3.09. The smallest absolute Gasteiger partial charge is 0.289 e. The van der Waals surface area contributed by atoms with E-state index in [9.17, 15) is 14.4 Å². The van der Waals surface area contributed by atoms with Crippen molar-refractivity contribution in [3.8, 4) is 6.07 Å². The maximum Gasteiger partial charge on any atom is 0.329 e. The number of benzene rings is 2. The summed E-state index contributed by atoms with van der Waals surface area (Å²) >= 11 is 6.36. The lowest BCUT2D eigenvalue weighted by atomic mass is 9.89. The molecule has 2 aliphatic rings. The van der Waals surface area contributed by atoms with E-state index in [0.29, 0.717) is 27.5 Å². The summed E-state index contributed by atoms with van der Waals surface area (Å²) in [4.78, 5) is 20.1. The molecule has 5 nitrogen and oxygen atoms in total. The molecule has 0 aromatic heterocycles. The molecule has 1 aliphatic heterocycles. The highest BCUT2D eigenvalue weighted by atomic mass is 35.5. The van der Waals surface area contributed by atoms with Gasteiger partial charge in [0.05, 0.1) is 34.9 Å². The predicted molar refractivity (Wildman–Crippen MR) is 110 cm³/mol. The molecule has 1 heterocycles. The Morgan fingerprint density at radius 3 is 2.52 bits per heavy atom. The third kappa shape index (κ3) is 3.01. The third-order valence-electron chi connectivity index (χ3n) is 5.84. The number of hydrogen-bond acceptors (Lipinski definition) is 2. The van der Waals surface area contributed by atoms with Crippen molar-refractivity contribution in [1.29, 1.82) is 5.26 Å². The normalized spacial score (nSPS) is 20.9. The summed E-state index contributed by atoms with van der Waals surface area (Å²) in [6.45, 7) is 8.84. The molecule has 4 rings (SSSR count). The number of carbonyl (C=O) groups excluding carboxylic acids is 1. The van der Waals surface area contributed by atoms with E-state index in [4.69, 9.17) is 18.2 Å². The second kappa shape index (κ2) is 7.39. The Morgan fingerprint density at radius 2 is 1.90 bits per heavy atom. The van der Waals surface area contributed by atoms with Gasteiger partial charge in [-0.15, -0.1) is 0 Å². The van der Waals surface area contributed by atoms with Crippen LogP contribution in [0.15, 0.2) is 30.3 Å². The Bertz CT molecular complexity index is 1090. The van der Waals surface area contributed by atoms with Crippen molar-refractivity contribution in [2.45, 2.75) is 44.7 Å². The zero-order valence-electron chi connectivity index (χ0n) is 15.8. The van der Waals surface area contributed by atoms with Crippen molar-refractivity contribution >= 4 is 34.7 Å². The van der Waals surface area contributed by atoms with Crippen LogP contribution in [0.4, 0.5) is 26.2 Å². The first-order chi connectivity index (χ1) is 14.0. The van der Waals surface area contributed by atoms with Crippen LogP contribution in [0.25, 0.3) is 4.85 Å². The van der Waals surface area contributed by atoms with Crippen molar-refractivity contribution in [1.82, 2.24) is 0 Å². The summed E-state index contributed by atoms with van der Waals surface area (Å²) in [5, 5.41) is 9.56. The molecule has 146 valence electrons. The Kier molecular flexibility index (Phi) is 4.90. The maximum absolute atomic E-state index is 14.3. The minimum absolute atomic E-state index is 0.0532. The van der Waals surface area contributed by atoms with Crippen molar-refractivity contribution in [3.05, 3.63) is 63.7 Å². The number of nitriles is 1. The second-order valence-electron chi connectivity index (χ2n) is 7.37. The zero-order valence-corrected chi connectivity index (χ0v) is 16.6. The van der Waals surface area contributed by atoms with Crippen LogP contribution in [0.5, 0.6) is 0 Å². The lowest BCUT2D eigenvalue weighted by Crippen LogP contribution is -2.40. The monoisotopic (exact) mass is 408 g/mol. The number of hydrogen-bond donors (Lipinski definition) is 0. The van der Waals surface area contributed by atoms with Gasteiger partial charge in [-0.3, -0.25) is 9.80 Å². The molecule has 1 saturated heterocycles. The SMILES string of the molecule is [C-]#[N+]c1ccc(N2C(=O)N(c3ccc(C#N)c(Cl)c3C)[C@@H]3CCCC[C@H]32)cc1F. The molecular formula is C22H18ClFN4O. The fourth-order valence-corrected chi connectivity index (χ4v) is 4.64. The van der Waals surface area contributed by atoms with Gasteiger partial charge in [0.25, 0.3) is 0 Å². The first-order valence-electron chi connectivity index (χ1n) is 9.46. The topological polar surface area (TPSA) is 51.7 Å². The number of halogens is 2. The fraction of sp³-hybridized carbons (Fsp3) is 0.318. The number of fused-ring (bicyclic) bond motifs is 1. The van der Waals surface area contributed by atoms with Crippen LogP contribution in [0, 0.1) is 30.6 Å². The van der Waals surface area contributed by atoms with E-state index in [1.807, 2.05) is 0 Å². The largest absolute Gasteiger partial charge is 0.329 e. The van der Waals surface area contributed by atoms with E-state index < -0.39 is 5.82 Å². The van der Waals surface area contributed by atoms with Gasteiger partial charge < -0.3 is 0 Å². The average Bonchev–Trinajstić information content (AvgIpc) is 3.02. The van der Waals surface area contributed by atoms with E-state index in [0.717, 1.165) is 25.7 Å². The van der Waals surface area contributed by atoms with E-state index in [2.05, 4.69) is 10.9 Å². The maximum atomic E-state index is 14.3. The molecule has 0 unspecified atom stereocenters. The summed E-state index contributed by atoms with van der Waals surface area (Å²) in [5.74, 6) is -0.631. The molecule has 1 saturated carbocycles. The molecule has 7 heteroatoms. The quantitative estimate of drug-likeness (QED) is 0.575. The highest BCUT2D eigenvalue weighted by molar-refractivity contribution is 6.33. The van der Waals surface area contributed by atoms with Crippen LogP contribution in [-0.2, 0) is 0 Å². The van der Waals surface area contributed by atoms with Crippen molar-refractivity contribution in [3.63, 3.8) is 0 Å². The fourth-order valence-electron chi connectivity index (χ4n) is 4.44. The predicted octanol–water partition coefficient (Wildman–Crippen LogP) is 5.97. The molecule has 0 spiro atoms. The van der Waals surface area contributed by atoms with Crippen molar-refractivity contribution in [2.24, 2.45) is 0 Å². The van der Waals surface area contributed by atoms with Gasteiger partial charge >= 0.3 is 6.03 Å². The number of rotatable bonds is 2. The van der Waals surface area contributed by atoms with Crippen LogP contribution >= 0.6 is 11.6 Å². The summed E-state index contributed by atoms with van der Waals surface area (Å²) in [7, 11) is 0. The summed E-state index contributed by atoms with van der Waals surface area (Å²) in [5.41, 5.74) is 2.12. The van der Waals surface area contributed by atoms with Crippen LogP contribution < -0.4 is 9.80 Å². The van der Waals surface area contributed by atoms with Gasteiger partial charge in [-0.1, -0.05) is 30.5 Å². The molecular weight excluding hydrogens is 391 g/mol. The standard InChI is InChI=1S/C22H18ClFN4O/c1-13-18(10-7-14(12-25)21(13)23)28-20-6-4-3-5-19(20)27(22(28)29)15-8-9-17(26-2)16(24)11-15/h7-11,19-20H,3-6H2,1H3/t19-,20-/m1/s1. The number of amides is 2. The number of anilines is 2. The zero-order chi connectivity index (χ0) is 20.7. The van der Waals surface area contributed by atoms with Gasteiger partial charge in [0, 0.05) is 5.69 Å². The van der Waals surface area contributed by atoms with Gasteiger partial charge in [0.1, 0.15) is 11.9 Å². The van der Waals surface area contributed by atoms with Crippen LogP contribution in [-0.4, -0.2) is 18.1 Å².